The van der Waals surface area contributed by atoms with Gasteiger partial charge in [0, 0.05) is 6.42 Å². The highest BCUT2D eigenvalue weighted by atomic mass is 32.2. The number of hydrogen-bond acceptors (Lipinski definition) is 3. The molecule has 0 saturated carbocycles. The fourth-order valence-electron chi connectivity index (χ4n) is 3.83. The van der Waals surface area contributed by atoms with Gasteiger partial charge < -0.3 is 5.11 Å². The van der Waals surface area contributed by atoms with Crippen molar-refractivity contribution < 1.29 is 22.9 Å². The summed E-state index contributed by atoms with van der Waals surface area (Å²) in [6, 6.07) is 0. The van der Waals surface area contributed by atoms with Gasteiger partial charge >= 0.3 is 5.97 Å². The number of hydrogen-bond donors (Lipinski definition) is 2. The molecular weight excluding hydrogens is 352 g/mol. The topological polar surface area (TPSA) is 91.7 Å². The first-order valence-electron chi connectivity index (χ1n) is 10.2. The van der Waals surface area contributed by atoms with Crippen LogP contribution in [-0.4, -0.2) is 29.3 Å². The van der Waals surface area contributed by atoms with Gasteiger partial charge in [0.1, 0.15) is 0 Å². The van der Waals surface area contributed by atoms with Gasteiger partial charge in [-0.05, 0) is 37.5 Å². The Bertz CT molecular complexity index is 526. The first-order chi connectivity index (χ1) is 12.3. The van der Waals surface area contributed by atoms with Crippen LogP contribution in [0.1, 0.15) is 90.4 Å². The standard InChI is InChI=1S/C20H36O5S/c1-2-3-4-8-11-17-14-15-18(19(16-17)26(23,24)25)12-9-6-5-7-10-13-20(21)22/h14-15,17-19H,2-13,16H2,1H3,(H,21,22)(H,23,24,25). The molecule has 0 aliphatic heterocycles. The lowest BCUT2D eigenvalue weighted by atomic mass is 9.83. The number of carboxylic acids is 1. The van der Waals surface area contributed by atoms with Gasteiger partial charge in [0.15, 0.2) is 0 Å². The van der Waals surface area contributed by atoms with Gasteiger partial charge in [-0.3, -0.25) is 9.35 Å². The summed E-state index contributed by atoms with van der Waals surface area (Å²) in [7, 11) is -4.02. The number of unbranched alkanes of at least 4 members (excludes halogenated alkanes) is 7. The zero-order chi connectivity index (χ0) is 19.4. The second-order valence-corrected chi connectivity index (χ2v) is 9.28. The van der Waals surface area contributed by atoms with E-state index in [1.165, 1.54) is 19.3 Å². The van der Waals surface area contributed by atoms with E-state index in [9.17, 15) is 17.8 Å². The largest absolute Gasteiger partial charge is 0.481 e. The maximum Gasteiger partial charge on any atom is 0.303 e. The van der Waals surface area contributed by atoms with Crippen LogP contribution >= 0.6 is 0 Å². The minimum absolute atomic E-state index is 0.101. The smallest absolute Gasteiger partial charge is 0.303 e. The Morgan fingerprint density at radius 3 is 2.23 bits per heavy atom. The predicted molar refractivity (Wildman–Crippen MR) is 105 cm³/mol. The molecule has 2 N–H and O–H groups in total. The molecule has 0 aromatic carbocycles. The van der Waals surface area contributed by atoms with E-state index in [2.05, 4.69) is 13.0 Å². The van der Waals surface area contributed by atoms with Crippen molar-refractivity contribution in [2.45, 2.75) is 95.6 Å². The molecule has 0 fully saturated rings. The summed E-state index contributed by atoms with van der Waals surface area (Å²) in [5.41, 5.74) is 0. The van der Waals surface area contributed by atoms with Gasteiger partial charge in [0.25, 0.3) is 10.1 Å². The van der Waals surface area contributed by atoms with E-state index in [1.54, 1.807) is 0 Å². The van der Waals surface area contributed by atoms with E-state index < -0.39 is 21.3 Å². The van der Waals surface area contributed by atoms with Crippen LogP contribution in [-0.2, 0) is 14.9 Å². The van der Waals surface area contributed by atoms with E-state index in [1.807, 2.05) is 6.08 Å². The molecule has 1 aliphatic rings. The molecule has 3 atom stereocenters. The van der Waals surface area contributed by atoms with Crippen LogP contribution in [0.3, 0.4) is 0 Å². The number of carbonyl (C=O) groups is 1. The maximum atomic E-state index is 11.8. The molecular formula is C20H36O5S. The fraction of sp³-hybridized carbons (Fsp3) is 0.850. The van der Waals surface area contributed by atoms with Crippen molar-refractivity contribution in [3.8, 4) is 0 Å². The van der Waals surface area contributed by atoms with E-state index in [4.69, 9.17) is 5.11 Å². The Hall–Kier alpha value is -0.880. The summed E-state index contributed by atoms with van der Waals surface area (Å²) >= 11 is 0. The molecule has 0 radical (unpaired) electrons. The minimum Gasteiger partial charge on any atom is -0.481 e. The number of aliphatic carboxylic acids is 1. The second kappa shape index (κ2) is 12.5. The molecule has 0 aromatic rings. The van der Waals surface area contributed by atoms with Gasteiger partial charge in [0.2, 0.25) is 0 Å². The van der Waals surface area contributed by atoms with Gasteiger partial charge in [0.05, 0.1) is 5.25 Å². The van der Waals surface area contributed by atoms with E-state index in [-0.39, 0.29) is 18.3 Å². The van der Waals surface area contributed by atoms with Crippen LogP contribution < -0.4 is 0 Å². The average Bonchev–Trinajstić information content (AvgIpc) is 2.57. The third-order valence-electron chi connectivity index (χ3n) is 5.38. The second-order valence-electron chi connectivity index (χ2n) is 7.65. The molecule has 0 heterocycles. The third kappa shape index (κ3) is 9.72. The zero-order valence-electron chi connectivity index (χ0n) is 16.1. The summed E-state index contributed by atoms with van der Waals surface area (Å²) < 4.78 is 33.3. The van der Waals surface area contributed by atoms with E-state index in [0.717, 1.165) is 44.9 Å². The molecule has 0 saturated heterocycles. The average molecular weight is 389 g/mol. The summed E-state index contributed by atoms with van der Waals surface area (Å²) in [5.74, 6) is -0.598. The lowest BCUT2D eigenvalue weighted by molar-refractivity contribution is -0.137. The minimum atomic E-state index is -4.02. The first kappa shape index (κ1) is 23.2. The van der Waals surface area contributed by atoms with Crippen LogP contribution in [0.4, 0.5) is 0 Å². The van der Waals surface area contributed by atoms with Crippen LogP contribution in [0.25, 0.3) is 0 Å². The van der Waals surface area contributed by atoms with Crippen molar-refractivity contribution in [1.29, 1.82) is 0 Å². The van der Waals surface area contributed by atoms with Crippen molar-refractivity contribution in [3.05, 3.63) is 12.2 Å². The zero-order valence-corrected chi connectivity index (χ0v) is 16.9. The van der Waals surface area contributed by atoms with Crippen molar-refractivity contribution in [2.24, 2.45) is 11.8 Å². The Morgan fingerprint density at radius 2 is 1.58 bits per heavy atom. The van der Waals surface area contributed by atoms with Gasteiger partial charge in [-0.15, -0.1) is 0 Å². The summed E-state index contributed by atoms with van der Waals surface area (Å²) in [5, 5.41) is 7.93. The van der Waals surface area contributed by atoms with Gasteiger partial charge in [-0.25, -0.2) is 0 Å². The quantitative estimate of drug-likeness (QED) is 0.242. The molecule has 6 heteroatoms. The molecule has 5 nitrogen and oxygen atoms in total. The predicted octanol–water partition coefficient (Wildman–Crippen LogP) is 5.22. The van der Waals surface area contributed by atoms with Crippen LogP contribution in [0, 0.1) is 11.8 Å². The first-order valence-corrected chi connectivity index (χ1v) is 11.7. The lowest BCUT2D eigenvalue weighted by Gasteiger charge is -2.30. The van der Waals surface area contributed by atoms with E-state index >= 15 is 0 Å². The van der Waals surface area contributed by atoms with E-state index in [0.29, 0.717) is 12.8 Å². The Labute approximate surface area is 159 Å². The molecule has 0 spiro atoms. The van der Waals surface area contributed by atoms with Crippen molar-refractivity contribution >= 4 is 16.1 Å². The highest BCUT2D eigenvalue weighted by molar-refractivity contribution is 7.86. The van der Waals surface area contributed by atoms with Crippen molar-refractivity contribution in [3.63, 3.8) is 0 Å². The SMILES string of the molecule is CCCCCCC1C=CC(CCCCCCCC(=O)O)C(S(=O)(=O)O)C1. The number of rotatable bonds is 14. The van der Waals surface area contributed by atoms with Crippen LogP contribution in [0.5, 0.6) is 0 Å². The highest BCUT2D eigenvalue weighted by Gasteiger charge is 2.34. The molecule has 3 unspecified atom stereocenters. The van der Waals surface area contributed by atoms with Gasteiger partial charge in [-0.1, -0.05) is 70.4 Å². The molecule has 1 aliphatic carbocycles. The molecule has 0 amide bonds. The Kier molecular flexibility index (Phi) is 11.1. The number of carboxylic acid groups (broad SMARTS) is 1. The van der Waals surface area contributed by atoms with Crippen molar-refractivity contribution in [1.82, 2.24) is 0 Å². The summed E-state index contributed by atoms with van der Waals surface area (Å²) in [6.07, 6.45) is 15.8. The van der Waals surface area contributed by atoms with Crippen LogP contribution in [0.15, 0.2) is 12.2 Å². The fourth-order valence-corrected chi connectivity index (χ4v) is 4.99. The summed E-state index contributed by atoms with van der Waals surface area (Å²) in [6.45, 7) is 2.17. The monoisotopic (exact) mass is 388 g/mol. The normalized spacial score (nSPS) is 23.2. The molecule has 0 aromatic heterocycles. The Morgan fingerprint density at radius 1 is 0.962 bits per heavy atom. The highest BCUT2D eigenvalue weighted by Crippen LogP contribution is 2.33. The third-order valence-corrected chi connectivity index (χ3v) is 6.69. The summed E-state index contributed by atoms with van der Waals surface area (Å²) in [4.78, 5) is 10.5. The molecule has 152 valence electrons. The van der Waals surface area contributed by atoms with Gasteiger partial charge in [-0.2, -0.15) is 8.42 Å². The number of allylic oxidation sites excluding steroid dienone is 2. The molecule has 0 bridgehead atoms. The lowest BCUT2D eigenvalue weighted by Crippen LogP contribution is -2.33. The maximum absolute atomic E-state index is 11.8. The van der Waals surface area contributed by atoms with Crippen molar-refractivity contribution in [2.75, 3.05) is 0 Å². The van der Waals surface area contributed by atoms with Crippen LogP contribution in [0.2, 0.25) is 0 Å². The molecule has 26 heavy (non-hydrogen) atoms. The molecule has 1 rings (SSSR count). The Balaban J connectivity index is 2.38.